The number of benzene rings is 1. The Morgan fingerprint density at radius 1 is 1.14 bits per heavy atom. The van der Waals surface area contributed by atoms with Crippen LogP contribution in [0.2, 0.25) is 0 Å². The Hall–Kier alpha value is -0.870. The van der Waals surface area contributed by atoms with Crippen molar-refractivity contribution >= 4 is 10.1 Å². The van der Waals surface area contributed by atoms with E-state index in [2.05, 4.69) is 34.6 Å². The fraction of sp³-hybridized carbons (Fsp3) is 0.647. The third kappa shape index (κ3) is 4.82. The first-order chi connectivity index (χ1) is 9.60. The van der Waals surface area contributed by atoms with E-state index in [9.17, 15) is 8.42 Å². The molecular formula is C17H28O3S. The Labute approximate surface area is 129 Å². The highest BCUT2D eigenvalue weighted by Crippen LogP contribution is 2.35. The first kappa shape index (κ1) is 18.2. The van der Waals surface area contributed by atoms with Crippen molar-refractivity contribution in [2.45, 2.75) is 64.2 Å². The molecule has 2 unspecified atom stereocenters. The van der Waals surface area contributed by atoms with Gasteiger partial charge in [0.1, 0.15) is 0 Å². The van der Waals surface area contributed by atoms with Crippen LogP contribution in [0.15, 0.2) is 29.2 Å². The van der Waals surface area contributed by atoms with Gasteiger partial charge in [0.15, 0.2) is 0 Å². The molecule has 0 fully saturated rings. The van der Waals surface area contributed by atoms with E-state index in [1.807, 2.05) is 12.1 Å². The summed E-state index contributed by atoms with van der Waals surface area (Å²) in [4.78, 5) is -0.0414. The highest BCUT2D eigenvalue weighted by Gasteiger charge is 2.26. The lowest BCUT2D eigenvalue weighted by molar-refractivity contribution is 0.317. The third-order valence-corrected chi connectivity index (χ3v) is 5.79. The summed E-state index contributed by atoms with van der Waals surface area (Å²) < 4.78 is 31.3. The Morgan fingerprint density at radius 2 is 1.67 bits per heavy atom. The van der Waals surface area contributed by atoms with Crippen LogP contribution in [-0.2, 0) is 15.5 Å². The molecule has 1 rings (SSSR count). The summed E-state index contributed by atoms with van der Waals surface area (Å²) in [6.45, 7) is 11.2. The van der Waals surface area contributed by atoms with Crippen molar-refractivity contribution < 1.29 is 13.0 Å². The van der Waals surface area contributed by atoms with E-state index in [0.29, 0.717) is 11.8 Å². The van der Waals surface area contributed by atoms with E-state index >= 15 is 0 Å². The summed E-state index contributed by atoms with van der Waals surface area (Å²) in [6, 6.07) is 6.63. The van der Waals surface area contributed by atoms with Crippen LogP contribution in [0, 0.1) is 11.8 Å². The van der Waals surface area contributed by atoms with E-state index < -0.39 is 10.1 Å². The molecule has 120 valence electrons. The lowest BCUT2D eigenvalue weighted by atomic mass is 9.74. The van der Waals surface area contributed by atoms with E-state index in [-0.39, 0.29) is 10.3 Å². The topological polar surface area (TPSA) is 54.4 Å². The second-order valence-electron chi connectivity index (χ2n) is 6.67. The SMILES string of the molecule is CCC(C)(CCC(C)C(C)C)c1ccc(S(=O)(=O)O)cc1. The number of rotatable bonds is 7. The minimum absolute atomic E-state index is 0.0414. The standard InChI is InChI=1S/C17H28O3S/c1-6-17(5,12-11-14(4)13(2)3)15-7-9-16(10-8-15)21(18,19)20/h7-10,13-14H,6,11-12H2,1-5H3,(H,18,19,20). The van der Waals surface area contributed by atoms with E-state index in [0.717, 1.165) is 24.8 Å². The van der Waals surface area contributed by atoms with E-state index in [1.54, 1.807) is 0 Å². The molecule has 0 bridgehead atoms. The second kappa shape index (κ2) is 6.93. The fourth-order valence-corrected chi connectivity index (χ4v) is 2.91. The molecule has 21 heavy (non-hydrogen) atoms. The molecule has 4 heteroatoms. The van der Waals surface area contributed by atoms with Gasteiger partial charge in [-0.15, -0.1) is 0 Å². The third-order valence-electron chi connectivity index (χ3n) is 4.92. The molecular weight excluding hydrogens is 284 g/mol. The maximum Gasteiger partial charge on any atom is 0.294 e. The predicted octanol–water partition coefficient (Wildman–Crippen LogP) is 4.67. The summed E-state index contributed by atoms with van der Waals surface area (Å²) in [5.41, 5.74) is 1.18. The largest absolute Gasteiger partial charge is 0.294 e. The van der Waals surface area contributed by atoms with Crippen molar-refractivity contribution in [1.82, 2.24) is 0 Å². The molecule has 0 spiro atoms. The van der Waals surface area contributed by atoms with Gasteiger partial charge in [0.05, 0.1) is 4.90 Å². The smallest absolute Gasteiger partial charge is 0.282 e. The van der Waals surface area contributed by atoms with Crippen LogP contribution in [0.1, 0.15) is 59.4 Å². The Bertz CT molecular complexity index is 546. The monoisotopic (exact) mass is 312 g/mol. The summed E-state index contributed by atoms with van der Waals surface area (Å²) in [6.07, 6.45) is 3.24. The molecule has 2 atom stereocenters. The molecule has 0 saturated carbocycles. The summed E-state index contributed by atoms with van der Waals surface area (Å²) in [5, 5.41) is 0. The van der Waals surface area contributed by atoms with Gasteiger partial charge in [0.25, 0.3) is 10.1 Å². The maximum atomic E-state index is 11.1. The first-order valence-corrected chi connectivity index (χ1v) is 9.12. The van der Waals surface area contributed by atoms with Crippen LogP contribution < -0.4 is 0 Å². The average molecular weight is 312 g/mol. The number of hydrogen-bond acceptors (Lipinski definition) is 2. The molecule has 1 aromatic carbocycles. The molecule has 3 nitrogen and oxygen atoms in total. The van der Waals surface area contributed by atoms with Crippen LogP contribution in [0.5, 0.6) is 0 Å². The Balaban J connectivity index is 2.93. The lowest BCUT2D eigenvalue weighted by Gasteiger charge is -2.31. The van der Waals surface area contributed by atoms with Crippen molar-refractivity contribution in [3.8, 4) is 0 Å². The van der Waals surface area contributed by atoms with Gasteiger partial charge in [-0.1, -0.05) is 46.8 Å². The molecule has 1 N–H and O–H groups in total. The Morgan fingerprint density at radius 3 is 2.05 bits per heavy atom. The highest BCUT2D eigenvalue weighted by atomic mass is 32.2. The predicted molar refractivity (Wildman–Crippen MR) is 87.1 cm³/mol. The van der Waals surface area contributed by atoms with Crippen molar-refractivity contribution in [2.75, 3.05) is 0 Å². The summed E-state index contributed by atoms with van der Waals surface area (Å²) in [5.74, 6) is 1.35. The minimum atomic E-state index is -4.11. The Kier molecular flexibility index (Phi) is 6.00. The van der Waals surface area contributed by atoms with Crippen molar-refractivity contribution in [3.05, 3.63) is 29.8 Å². The van der Waals surface area contributed by atoms with Crippen molar-refractivity contribution in [2.24, 2.45) is 11.8 Å². The zero-order chi connectivity index (χ0) is 16.3. The molecule has 0 saturated heterocycles. The van der Waals surface area contributed by atoms with Crippen LogP contribution >= 0.6 is 0 Å². The van der Waals surface area contributed by atoms with Gasteiger partial charge in [0, 0.05) is 0 Å². The quantitative estimate of drug-likeness (QED) is 0.744. The van der Waals surface area contributed by atoms with Gasteiger partial charge >= 0.3 is 0 Å². The molecule has 0 heterocycles. The van der Waals surface area contributed by atoms with Gasteiger partial charge in [-0.05, 0) is 54.2 Å². The molecule has 0 amide bonds. The van der Waals surface area contributed by atoms with Gasteiger partial charge in [-0.2, -0.15) is 8.42 Å². The van der Waals surface area contributed by atoms with E-state index in [4.69, 9.17) is 4.55 Å². The van der Waals surface area contributed by atoms with E-state index in [1.165, 1.54) is 12.1 Å². The van der Waals surface area contributed by atoms with Gasteiger partial charge in [0.2, 0.25) is 0 Å². The van der Waals surface area contributed by atoms with Gasteiger partial charge in [-0.3, -0.25) is 4.55 Å². The van der Waals surface area contributed by atoms with Gasteiger partial charge < -0.3 is 0 Å². The normalized spacial score (nSPS) is 16.7. The van der Waals surface area contributed by atoms with Gasteiger partial charge in [-0.25, -0.2) is 0 Å². The van der Waals surface area contributed by atoms with Crippen LogP contribution in [0.3, 0.4) is 0 Å². The highest BCUT2D eigenvalue weighted by molar-refractivity contribution is 7.85. The van der Waals surface area contributed by atoms with Crippen LogP contribution in [-0.4, -0.2) is 13.0 Å². The van der Waals surface area contributed by atoms with Crippen molar-refractivity contribution in [3.63, 3.8) is 0 Å². The summed E-state index contributed by atoms with van der Waals surface area (Å²) in [7, 11) is -4.11. The molecule has 0 radical (unpaired) electrons. The zero-order valence-electron chi connectivity index (χ0n) is 13.8. The average Bonchev–Trinajstić information content (AvgIpc) is 2.43. The number of hydrogen-bond donors (Lipinski definition) is 1. The molecule has 0 aliphatic carbocycles. The maximum absolute atomic E-state index is 11.1. The van der Waals surface area contributed by atoms with Crippen LogP contribution in [0.25, 0.3) is 0 Å². The van der Waals surface area contributed by atoms with Crippen LogP contribution in [0.4, 0.5) is 0 Å². The first-order valence-electron chi connectivity index (χ1n) is 7.68. The zero-order valence-corrected chi connectivity index (χ0v) is 14.6. The molecule has 0 aliphatic rings. The fourth-order valence-electron chi connectivity index (χ4n) is 2.43. The second-order valence-corrected chi connectivity index (χ2v) is 8.10. The molecule has 0 aliphatic heterocycles. The van der Waals surface area contributed by atoms with Crippen molar-refractivity contribution in [1.29, 1.82) is 0 Å². The lowest BCUT2D eigenvalue weighted by Crippen LogP contribution is -2.22. The molecule has 1 aromatic rings. The summed E-state index contributed by atoms with van der Waals surface area (Å²) >= 11 is 0. The molecule has 0 aromatic heterocycles. The minimum Gasteiger partial charge on any atom is -0.282 e.